The number of hydrogen-bond acceptors (Lipinski definition) is 8. The first kappa shape index (κ1) is 27.5. The van der Waals surface area contributed by atoms with Crippen LogP contribution in [0.1, 0.15) is 32.4 Å². The molecule has 0 saturated carbocycles. The molecule has 0 radical (unpaired) electrons. The molecule has 1 aromatic carbocycles. The lowest BCUT2D eigenvalue weighted by Crippen LogP contribution is -2.38. The highest BCUT2D eigenvalue weighted by molar-refractivity contribution is 6.02. The molecule has 2 aliphatic rings. The first-order valence-electron chi connectivity index (χ1n) is 13.7. The predicted octanol–water partition coefficient (Wildman–Crippen LogP) is 5.31. The van der Waals surface area contributed by atoms with Crippen molar-refractivity contribution < 1.29 is 9.53 Å². The van der Waals surface area contributed by atoms with Gasteiger partial charge in [-0.25, -0.2) is 4.98 Å². The molecule has 1 atom stereocenters. The number of nitrogens with one attached hydrogen (secondary N) is 2. The van der Waals surface area contributed by atoms with Gasteiger partial charge >= 0.3 is 0 Å². The molecule has 0 spiro atoms. The summed E-state index contributed by atoms with van der Waals surface area (Å²) in [6, 6.07) is 12.4. The molecule has 4 heterocycles. The van der Waals surface area contributed by atoms with Gasteiger partial charge < -0.3 is 30.1 Å². The van der Waals surface area contributed by atoms with Gasteiger partial charge in [-0.2, -0.15) is 0 Å². The summed E-state index contributed by atoms with van der Waals surface area (Å²) in [5, 5.41) is 6.46. The summed E-state index contributed by atoms with van der Waals surface area (Å²) < 4.78 is 5.85. The topological polar surface area (TPSA) is 85.9 Å². The van der Waals surface area contributed by atoms with Gasteiger partial charge in [0.2, 0.25) is 5.91 Å². The van der Waals surface area contributed by atoms with E-state index in [0.717, 1.165) is 55.2 Å². The standard InChI is InChI=1S/C31H39N7O2/c1-7-29(39)35-23-17-24(27(40-6)18-26(23)37-15-9-10-22(37)19-36(4)5)34-28-16-21(12-14-32-28)38-20-31(2,3)30-25(38)11-8-13-33-30/h7-8,11-14,16-18,22H,1,9-10,15,19-20H2,2-6H3,(H,32,34)(H,35,39)/t22-/m1/s1. The zero-order valence-electron chi connectivity index (χ0n) is 24.1. The third kappa shape index (κ3) is 5.47. The largest absolute Gasteiger partial charge is 0.494 e. The van der Waals surface area contributed by atoms with Gasteiger partial charge in [-0.15, -0.1) is 0 Å². The fourth-order valence-electron chi connectivity index (χ4n) is 5.84. The maximum atomic E-state index is 12.4. The van der Waals surface area contributed by atoms with Crippen molar-refractivity contribution in [2.45, 2.75) is 38.1 Å². The van der Waals surface area contributed by atoms with E-state index < -0.39 is 0 Å². The number of hydrogen-bond donors (Lipinski definition) is 2. The van der Waals surface area contributed by atoms with E-state index in [-0.39, 0.29) is 11.3 Å². The van der Waals surface area contributed by atoms with Gasteiger partial charge in [0, 0.05) is 61.3 Å². The van der Waals surface area contributed by atoms with E-state index >= 15 is 0 Å². The minimum absolute atomic E-state index is 0.0647. The Morgan fingerprint density at radius 1 is 1.18 bits per heavy atom. The maximum absolute atomic E-state index is 12.4. The molecule has 9 nitrogen and oxygen atoms in total. The Morgan fingerprint density at radius 3 is 2.75 bits per heavy atom. The molecule has 5 rings (SSSR count). The number of anilines is 6. The SMILES string of the molecule is C=CC(=O)Nc1cc(Nc2cc(N3CC(C)(C)c4ncccc43)ccn2)c(OC)cc1N1CCC[C@@H]1CN(C)C. The lowest BCUT2D eigenvalue weighted by molar-refractivity contribution is -0.111. The van der Waals surface area contributed by atoms with E-state index in [4.69, 9.17) is 4.74 Å². The summed E-state index contributed by atoms with van der Waals surface area (Å²) in [5.41, 5.74) is 5.52. The number of carbonyl (C=O) groups excluding carboxylic acids is 1. The third-order valence-electron chi connectivity index (χ3n) is 7.61. The van der Waals surface area contributed by atoms with Crippen LogP contribution < -0.4 is 25.2 Å². The number of methoxy groups -OCH3 is 1. The molecule has 0 bridgehead atoms. The summed E-state index contributed by atoms with van der Waals surface area (Å²) in [5.74, 6) is 1.09. The zero-order valence-corrected chi connectivity index (χ0v) is 24.1. The van der Waals surface area contributed by atoms with Crippen molar-refractivity contribution in [2.75, 3.05) is 61.3 Å². The molecular weight excluding hydrogens is 502 g/mol. The molecule has 3 aromatic rings. The maximum Gasteiger partial charge on any atom is 0.247 e. The second kappa shape index (κ2) is 11.2. The fraction of sp³-hybridized carbons (Fsp3) is 0.387. The van der Waals surface area contributed by atoms with Crippen LogP contribution in [0.15, 0.2) is 61.4 Å². The molecule has 210 valence electrons. The van der Waals surface area contributed by atoms with Crippen LogP contribution in [-0.2, 0) is 10.2 Å². The van der Waals surface area contributed by atoms with Crippen molar-refractivity contribution >= 4 is 40.2 Å². The lowest BCUT2D eigenvalue weighted by Gasteiger charge is -2.31. The summed E-state index contributed by atoms with van der Waals surface area (Å²) in [4.78, 5) is 28.6. The normalized spacial score (nSPS) is 17.6. The molecule has 2 aliphatic heterocycles. The minimum Gasteiger partial charge on any atom is -0.494 e. The van der Waals surface area contributed by atoms with Gasteiger partial charge in [0.15, 0.2) is 0 Å². The van der Waals surface area contributed by atoms with E-state index in [2.05, 4.69) is 75.9 Å². The van der Waals surface area contributed by atoms with Gasteiger partial charge in [0.05, 0.1) is 35.6 Å². The molecular formula is C31H39N7O2. The summed E-state index contributed by atoms with van der Waals surface area (Å²) in [6.07, 6.45) is 7.14. The first-order valence-corrected chi connectivity index (χ1v) is 13.7. The number of likely N-dealkylation sites (N-methyl/N-ethyl adjacent to an activating group) is 1. The predicted molar refractivity (Wildman–Crippen MR) is 163 cm³/mol. The molecule has 40 heavy (non-hydrogen) atoms. The number of nitrogens with zero attached hydrogens (tertiary/aromatic N) is 5. The summed E-state index contributed by atoms with van der Waals surface area (Å²) in [6.45, 7) is 10.7. The number of fused-ring (bicyclic) bond motifs is 1. The highest BCUT2D eigenvalue weighted by Crippen LogP contribution is 2.44. The van der Waals surface area contributed by atoms with E-state index in [1.54, 1.807) is 13.3 Å². The molecule has 2 aromatic heterocycles. The Labute approximate surface area is 236 Å². The van der Waals surface area contributed by atoms with Crippen LogP contribution in [0.3, 0.4) is 0 Å². The average Bonchev–Trinajstić information content (AvgIpc) is 3.50. The second-order valence-corrected chi connectivity index (χ2v) is 11.4. The number of benzene rings is 1. The molecule has 1 fully saturated rings. The van der Waals surface area contributed by atoms with Crippen LogP contribution in [0.2, 0.25) is 0 Å². The Kier molecular flexibility index (Phi) is 7.67. The Balaban J connectivity index is 1.49. The van der Waals surface area contributed by atoms with E-state index in [1.165, 1.54) is 6.08 Å². The highest BCUT2D eigenvalue weighted by atomic mass is 16.5. The number of amides is 1. The Hall–Kier alpha value is -4.11. The summed E-state index contributed by atoms with van der Waals surface area (Å²) in [7, 11) is 5.83. The number of carbonyl (C=O) groups is 1. The monoisotopic (exact) mass is 541 g/mol. The Bertz CT molecular complexity index is 1400. The minimum atomic E-state index is -0.259. The van der Waals surface area contributed by atoms with Crippen molar-refractivity contribution in [3.8, 4) is 5.75 Å². The van der Waals surface area contributed by atoms with E-state index in [1.807, 2.05) is 36.5 Å². The molecule has 0 unspecified atom stereocenters. The van der Waals surface area contributed by atoms with Crippen LogP contribution in [0.5, 0.6) is 5.75 Å². The van der Waals surface area contributed by atoms with Crippen molar-refractivity contribution in [2.24, 2.45) is 0 Å². The second-order valence-electron chi connectivity index (χ2n) is 11.4. The summed E-state index contributed by atoms with van der Waals surface area (Å²) >= 11 is 0. The van der Waals surface area contributed by atoms with Gasteiger partial charge in [-0.05, 0) is 57.3 Å². The van der Waals surface area contributed by atoms with Crippen LogP contribution in [0.4, 0.5) is 34.3 Å². The molecule has 1 amide bonds. The van der Waals surface area contributed by atoms with Crippen molar-refractivity contribution in [1.82, 2.24) is 14.9 Å². The van der Waals surface area contributed by atoms with Crippen LogP contribution >= 0.6 is 0 Å². The molecule has 9 heteroatoms. The van der Waals surface area contributed by atoms with Crippen LogP contribution in [0.25, 0.3) is 0 Å². The first-order chi connectivity index (χ1) is 19.2. The number of ether oxygens (including phenoxy) is 1. The molecule has 1 saturated heterocycles. The van der Waals surface area contributed by atoms with Crippen molar-refractivity contribution in [1.29, 1.82) is 0 Å². The number of aromatic nitrogens is 2. The Morgan fingerprint density at radius 2 is 2.00 bits per heavy atom. The van der Waals surface area contributed by atoms with Gasteiger partial charge in [0.1, 0.15) is 11.6 Å². The van der Waals surface area contributed by atoms with E-state index in [9.17, 15) is 4.79 Å². The fourth-order valence-corrected chi connectivity index (χ4v) is 5.84. The van der Waals surface area contributed by atoms with Gasteiger partial charge in [0.25, 0.3) is 0 Å². The van der Waals surface area contributed by atoms with Crippen LogP contribution in [0, 0.1) is 0 Å². The quantitative estimate of drug-likeness (QED) is 0.353. The molecule has 2 N–H and O–H groups in total. The van der Waals surface area contributed by atoms with Crippen LogP contribution in [-0.4, -0.2) is 67.7 Å². The smallest absolute Gasteiger partial charge is 0.247 e. The number of pyridine rings is 2. The third-order valence-corrected chi connectivity index (χ3v) is 7.61. The molecule has 0 aliphatic carbocycles. The van der Waals surface area contributed by atoms with E-state index in [0.29, 0.717) is 29.0 Å². The number of rotatable bonds is 9. The lowest BCUT2D eigenvalue weighted by atomic mass is 9.91. The van der Waals surface area contributed by atoms with Gasteiger partial charge in [-0.1, -0.05) is 20.4 Å². The average molecular weight is 542 g/mol. The zero-order chi connectivity index (χ0) is 28.4. The van der Waals surface area contributed by atoms with Crippen molar-refractivity contribution in [3.63, 3.8) is 0 Å². The van der Waals surface area contributed by atoms with Crippen molar-refractivity contribution in [3.05, 3.63) is 67.1 Å². The van der Waals surface area contributed by atoms with Gasteiger partial charge in [-0.3, -0.25) is 9.78 Å². The highest BCUT2D eigenvalue weighted by Gasteiger charge is 2.37.